The highest BCUT2D eigenvalue weighted by molar-refractivity contribution is 6.29. The van der Waals surface area contributed by atoms with Crippen molar-refractivity contribution >= 4 is 43.5 Å². The van der Waals surface area contributed by atoms with Crippen LogP contribution < -0.4 is 0 Å². The summed E-state index contributed by atoms with van der Waals surface area (Å²) in [7, 11) is 0. The Morgan fingerprint density at radius 2 is 0.941 bits per heavy atom. The largest absolute Gasteiger partial charge is 0.309 e. The third-order valence-corrected chi connectivity index (χ3v) is 9.78. The van der Waals surface area contributed by atoms with Gasteiger partial charge in [-0.25, -0.2) is 15.0 Å². The van der Waals surface area contributed by atoms with E-state index in [-0.39, 0.29) is 0 Å². The van der Waals surface area contributed by atoms with Crippen molar-refractivity contribution in [3.05, 3.63) is 182 Å². The van der Waals surface area contributed by atoms with E-state index in [4.69, 9.17) is 15.0 Å². The number of benzene rings is 7. The van der Waals surface area contributed by atoms with Crippen molar-refractivity contribution in [2.45, 2.75) is 0 Å². The van der Waals surface area contributed by atoms with Crippen molar-refractivity contribution in [1.29, 1.82) is 0 Å². The van der Waals surface area contributed by atoms with E-state index in [2.05, 4.69) is 162 Å². The Kier molecular flexibility index (Phi) is 6.78. The van der Waals surface area contributed by atoms with E-state index < -0.39 is 0 Å². The number of para-hydroxylation sites is 2. The first-order valence-corrected chi connectivity index (χ1v) is 17.2. The smallest absolute Gasteiger partial charge is 0.160 e. The molecule has 0 atom stereocenters. The van der Waals surface area contributed by atoms with Crippen molar-refractivity contribution in [3.63, 3.8) is 0 Å². The predicted octanol–water partition coefficient (Wildman–Crippen LogP) is 11.9. The van der Waals surface area contributed by atoms with Crippen LogP contribution in [0, 0.1) is 0 Å². The lowest BCUT2D eigenvalue weighted by Gasteiger charge is -2.12. The summed E-state index contributed by atoms with van der Waals surface area (Å²) in [5.74, 6) is 0.703. The molecule has 0 saturated heterocycles. The first-order chi connectivity index (χ1) is 25.3. The fraction of sp³-hybridized carbons (Fsp3) is 0. The molecule has 51 heavy (non-hydrogen) atoms. The minimum Gasteiger partial charge on any atom is -0.309 e. The Morgan fingerprint density at radius 1 is 0.353 bits per heavy atom. The third kappa shape index (κ3) is 4.88. The highest BCUT2D eigenvalue weighted by atomic mass is 15.0. The van der Waals surface area contributed by atoms with E-state index >= 15 is 0 Å². The molecule has 10 aromatic rings. The molecule has 0 aliphatic carbocycles. The molecule has 0 fully saturated rings. The van der Waals surface area contributed by atoms with Crippen LogP contribution in [-0.2, 0) is 0 Å². The number of nitrogens with zero attached hydrogens (tertiary/aromatic N) is 4. The Bertz CT molecular complexity index is 2820. The zero-order chi connectivity index (χ0) is 33.7. The fourth-order valence-corrected chi connectivity index (χ4v) is 7.45. The van der Waals surface area contributed by atoms with Gasteiger partial charge in [0.15, 0.2) is 5.82 Å². The summed E-state index contributed by atoms with van der Waals surface area (Å²) in [6.45, 7) is 0. The minimum absolute atomic E-state index is 0.703. The molecule has 0 N–H and O–H groups in total. The molecule has 4 heteroatoms. The second kappa shape index (κ2) is 11.9. The highest BCUT2D eigenvalue weighted by Gasteiger charge is 2.20. The first-order valence-electron chi connectivity index (χ1n) is 17.2. The Labute approximate surface area is 295 Å². The number of rotatable bonds is 5. The average molecular weight is 651 g/mol. The number of aromatic nitrogens is 4. The number of hydrogen-bond acceptors (Lipinski definition) is 3. The van der Waals surface area contributed by atoms with Crippen molar-refractivity contribution in [3.8, 4) is 50.8 Å². The van der Waals surface area contributed by atoms with E-state index in [1.807, 2.05) is 24.3 Å². The van der Waals surface area contributed by atoms with Crippen LogP contribution in [0.4, 0.5) is 0 Å². The number of hydrogen-bond donors (Lipinski definition) is 0. The van der Waals surface area contributed by atoms with Gasteiger partial charge < -0.3 is 4.57 Å². The van der Waals surface area contributed by atoms with Gasteiger partial charge in [0.2, 0.25) is 0 Å². The molecule has 7 aromatic carbocycles. The van der Waals surface area contributed by atoms with Gasteiger partial charge in [-0.1, -0.05) is 146 Å². The fourth-order valence-electron chi connectivity index (χ4n) is 7.45. The topological polar surface area (TPSA) is 43.6 Å². The molecule has 0 unspecified atom stereocenters. The Balaban J connectivity index is 1.30. The van der Waals surface area contributed by atoms with Gasteiger partial charge in [-0.15, -0.1) is 0 Å². The molecule has 4 nitrogen and oxygen atoms in total. The second-order valence-electron chi connectivity index (χ2n) is 12.8. The number of fused-ring (bicyclic) bond motifs is 7. The van der Waals surface area contributed by atoms with Gasteiger partial charge >= 0.3 is 0 Å². The summed E-state index contributed by atoms with van der Waals surface area (Å²) in [6.07, 6.45) is 0. The lowest BCUT2D eigenvalue weighted by molar-refractivity contribution is 1.17. The van der Waals surface area contributed by atoms with Crippen LogP contribution in [0.1, 0.15) is 0 Å². The summed E-state index contributed by atoms with van der Waals surface area (Å²) in [5, 5.41) is 5.89. The van der Waals surface area contributed by atoms with Crippen LogP contribution in [0.3, 0.4) is 0 Å². The van der Waals surface area contributed by atoms with E-state index in [9.17, 15) is 0 Å². The van der Waals surface area contributed by atoms with E-state index in [0.717, 1.165) is 72.3 Å². The van der Waals surface area contributed by atoms with Crippen LogP contribution >= 0.6 is 0 Å². The molecular weight excluding hydrogens is 621 g/mol. The molecular formula is C47H30N4. The maximum atomic E-state index is 5.22. The molecule has 238 valence electrons. The predicted molar refractivity (Wildman–Crippen MR) is 211 cm³/mol. The van der Waals surface area contributed by atoms with Crippen LogP contribution in [0.2, 0.25) is 0 Å². The molecule has 0 amide bonds. The molecule has 10 rings (SSSR count). The van der Waals surface area contributed by atoms with Gasteiger partial charge in [-0.2, -0.15) is 0 Å². The summed E-state index contributed by atoms with van der Waals surface area (Å²) in [6, 6.07) is 63.6. The van der Waals surface area contributed by atoms with E-state index in [0.29, 0.717) is 5.82 Å². The van der Waals surface area contributed by atoms with Crippen LogP contribution in [0.5, 0.6) is 0 Å². The maximum Gasteiger partial charge on any atom is 0.160 e. The Morgan fingerprint density at radius 3 is 1.67 bits per heavy atom. The summed E-state index contributed by atoms with van der Waals surface area (Å²) < 4.78 is 2.39. The van der Waals surface area contributed by atoms with Gasteiger partial charge in [-0.3, -0.25) is 0 Å². The van der Waals surface area contributed by atoms with Gasteiger partial charge in [0, 0.05) is 54.9 Å². The van der Waals surface area contributed by atoms with Crippen LogP contribution in [-0.4, -0.2) is 19.5 Å². The second-order valence-corrected chi connectivity index (χ2v) is 12.8. The molecule has 3 heterocycles. The van der Waals surface area contributed by atoms with Gasteiger partial charge in [0.25, 0.3) is 0 Å². The zero-order valence-corrected chi connectivity index (χ0v) is 27.6. The van der Waals surface area contributed by atoms with Crippen molar-refractivity contribution in [1.82, 2.24) is 19.5 Å². The Hall–Kier alpha value is -6.91. The lowest BCUT2D eigenvalue weighted by Crippen LogP contribution is -1.97. The molecule has 3 aromatic heterocycles. The monoisotopic (exact) mass is 650 g/mol. The highest BCUT2D eigenvalue weighted by Crippen LogP contribution is 2.43. The summed E-state index contributed by atoms with van der Waals surface area (Å²) >= 11 is 0. The number of pyridine rings is 1. The normalized spacial score (nSPS) is 11.5. The zero-order valence-electron chi connectivity index (χ0n) is 27.6. The van der Waals surface area contributed by atoms with Crippen molar-refractivity contribution in [2.24, 2.45) is 0 Å². The SMILES string of the molecule is c1ccc(-c2cc(-c3ccc4c5c6c(ccc5n(-c5ccccc5)c4c3)c(-c3ccccc3)nc3ccccc36)nc(-c3ccccc3)n2)cc1. The van der Waals surface area contributed by atoms with Crippen LogP contribution in [0.25, 0.3) is 94.3 Å². The van der Waals surface area contributed by atoms with Crippen molar-refractivity contribution in [2.75, 3.05) is 0 Å². The molecule has 0 aliphatic heterocycles. The quantitative estimate of drug-likeness (QED) is 0.174. The third-order valence-electron chi connectivity index (χ3n) is 9.78. The van der Waals surface area contributed by atoms with Crippen LogP contribution in [0.15, 0.2) is 182 Å². The minimum atomic E-state index is 0.703. The summed E-state index contributed by atoms with van der Waals surface area (Å²) in [5.41, 5.74) is 11.3. The summed E-state index contributed by atoms with van der Waals surface area (Å²) in [4.78, 5) is 15.4. The van der Waals surface area contributed by atoms with E-state index in [1.54, 1.807) is 0 Å². The first kappa shape index (κ1) is 29.0. The van der Waals surface area contributed by atoms with Gasteiger partial charge in [0.1, 0.15) is 0 Å². The molecule has 0 spiro atoms. The maximum absolute atomic E-state index is 5.22. The lowest BCUT2D eigenvalue weighted by atomic mass is 9.96. The standard InChI is InChI=1S/C47H30N4/c1-5-15-31(16-6-1)40-30-41(50-47(49-40)33-19-9-3-10-20-33)34-25-26-37-43(29-34)51(35-21-11-4-12-22-35)42-28-27-38-44(45(37)42)36-23-13-14-24-39(36)48-46(38)32-17-7-2-8-18-32/h1-30H. The van der Waals surface area contributed by atoms with Crippen molar-refractivity contribution < 1.29 is 0 Å². The van der Waals surface area contributed by atoms with Gasteiger partial charge in [-0.05, 0) is 36.4 Å². The average Bonchev–Trinajstić information content (AvgIpc) is 3.55. The molecule has 0 aliphatic rings. The molecule has 0 saturated carbocycles. The molecule has 0 radical (unpaired) electrons. The molecule has 0 bridgehead atoms. The van der Waals surface area contributed by atoms with Gasteiger partial charge in [0.05, 0.1) is 33.6 Å². The van der Waals surface area contributed by atoms with E-state index in [1.165, 1.54) is 16.2 Å².